The molecule has 0 fully saturated rings. The Morgan fingerprint density at radius 1 is 1.10 bits per heavy atom. The maximum Gasteiger partial charge on any atom is 0.131 e. The molecule has 0 aliphatic rings. The second-order valence-electron chi connectivity index (χ2n) is 4.80. The van der Waals surface area contributed by atoms with Gasteiger partial charge < -0.3 is 5.32 Å². The van der Waals surface area contributed by atoms with Crippen LogP contribution in [0.15, 0.2) is 55.0 Å². The number of nitrogens with one attached hydrogen (secondary N) is 1. The average molecular weight is 281 g/mol. The molecule has 0 spiro atoms. The molecule has 0 radical (unpaired) electrons. The first-order valence-electron chi connectivity index (χ1n) is 6.97. The fourth-order valence-electron chi connectivity index (χ4n) is 2.58. The highest BCUT2D eigenvalue weighted by Gasteiger charge is 2.18. The summed E-state index contributed by atoms with van der Waals surface area (Å²) < 4.78 is 14.0. The predicted octanol–water partition coefficient (Wildman–Crippen LogP) is 3.47. The molecular weight excluding hydrogens is 265 g/mol. The number of halogens is 1. The molecule has 2 aromatic carbocycles. The topological polar surface area (TPSA) is 37.8 Å². The van der Waals surface area contributed by atoms with Crippen LogP contribution >= 0.6 is 0 Å². The third-order valence-electron chi connectivity index (χ3n) is 3.50. The number of hydrogen-bond acceptors (Lipinski definition) is 3. The third-order valence-corrected chi connectivity index (χ3v) is 3.50. The van der Waals surface area contributed by atoms with Gasteiger partial charge in [0.15, 0.2) is 0 Å². The monoisotopic (exact) mass is 281 g/mol. The Morgan fingerprint density at radius 2 is 1.90 bits per heavy atom. The molecule has 0 saturated heterocycles. The first-order valence-corrected chi connectivity index (χ1v) is 6.97. The van der Waals surface area contributed by atoms with E-state index in [1.54, 1.807) is 24.7 Å². The number of nitrogens with zero attached hydrogens (tertiary/aromatic N) is 2. The summed E-state index contributed by atoms with van der Waals surface area (Å²) in [5.41, 5.74) is 1.84. The van der Waals surface area contributed by atoms with Gasteiger partial charge in [0.05, 0.1) is 17.9 Å². The molecule has 1 unspecified atom stereocenters. The van der Waals surface area contributed by atoms with Crippen molar-refractivity contribution in [1.82, 2.24) is 15.3 Å². The molecule has 0 bridgehead atoms. The highest BCUT2D eigenvalue weighted by Crippen LogP contribution is 2.29. The predicted molar refractivity (Wildman–Crippen MR) is 81.5 cm³/mol. The Morgan fingerprint density at radius 3 is 2.62 bits per heavy atom. The van der Waals surface area contributed by atoms with Crippen molar-refractivity contribution in [2.45, 2.75) is 13.0 Å². The first kappa shape index (κ1) is 13.6. The normalized spacial score (nSPS) is 12.5. The largest absolute Gasteiger partial charge is 0.305 e. The molecule has 0 amide bonds. The molecule has 1 aromatic heterocycles. The second-order valence-corrected chi connectivity index (χ2v) is 4.80. The Kier molecular flexibility index (Phi) is 3.88. The van der Waals surface area contributed by atoms with Gasteiger partial charge in [-0.2, -0.15) is 0 Å². The van der Waals surface area contributed by atoms with Crippen LogP contribution in [0.25, 0.3) is 10.8 Å². The fraction of sp³-hybridized carbons (Fsp3) is 0.176. The van der Waals surface area contributed by atoms with Gasteiger partial charge >= 0.3 is 0 Å². The summed E-state index contributed by atoms with van der Waals surface area (Å²) in [5, 5.41) is 4.93. The number of benzene rings is 2. The zero-order chi connectivity index (χ0) is 14.7. The number of fused-ring (bicyclic) bond motifs is 1. The summed E-state index contributed by atoms with van der Waals surface area (Å²) in [5.74, 6) is -0.205. The van der Waals surface area contributed by atoms with E-state index in [2.05, 4.69) is 15.3 Å². The Hall–Kier alpha value is -2.33. The summed E-state index contributed by atoms with van der Waals surface area (Å²) >= 11 is 0. The van der Waals surface area contributed by atoms with Gasteiger partial charge in [0, 0.05) is 17.8 Å². The second kappa shape index (κ2) is 5.97. The summed E-state index contributed by atoms with van der Waals surface area (Å²) in [6.07, 6.45) is 5.06. The average Bonchev–Trinajstić information content (AvgIpc) is 2.55. The van der Waals surface area contributed by atoms with Gasteiger partial charge in [0.2, 0.25) is 0 Å². The minimum absolute atomic E-state index is 0.103. The Balaban J connectivity index is 2.19. The van der Waals surface area contributed by atoms with E-state index in [1.165, 1.54) is 6.07 Å². The van der Waals surface area contributed by atoms with E-state index in [0.717, 1.165) is 23.2 Å². The molecule has 1 atom stereocenters. The lowest BCUT2D eigenvalue weighted by Gasteiger charge is -2.19. The van der Waals surface area contributed by atoms with Gasteiger partial charge in [-0.1, -0.05) is 37.3 Å². The van der Waals surface area contributed by atoms with Crippen LogP contribution in [0.5, 0.6) is 0 Å². The smallest absolute Gasteiger partial charge is 0.131 e. The van der Waals surface area contributed by atoms with Crippen molar-refractivity contribution in [3.63, 3.8) is 0 Å². The zero-order valence-corrected chi connectivity index (χ0v) is 11.8. The lowest BCUT2D eigenvalue weighted by molar-refractivity contribution is 0.611. The van der Waals surface area contributed by atoms with Crippen molar-refractivity contribution >= 4 is 10.8 Å². The molecule has 1 N–H and O–H groups in total. The van der Waals surface area contributed by atoms with Crippen LogP contribution in [0.3, 0.4) is 0 Å². The SMILES string of the molecule is CCNC(c1cnccn1)c1ccc(F)c2ccccc12. The van der Waals surface area contributed by atoms with E-state index >= 15 is 0 Å². The van der Waals surface area contributed by atoms with Gasteiger partial charge in [0.1, 0.15) is 5.82 Å². The highest BCUT2D eigenvalue weighted by atomic mass is 19.1. The van der Waals surface area contributed by atoms with Crippen molar-refractivity contribution in [2.75, 3.05) is 6.54 Å². The quantitative estimate of drug-likeness (QED) is 0.795. The van der Waals surface area contributed by atoms with E-state index < -0.39 is 0 Å². The van der Waals surface area contributed by atoms with Crippen LogP contribution in [0, 0.1) is 5.82 Å². The summed E-state index contributed by atoms with van der Waals surface area (Å²) in [6, 6.07) is 10.7. The van der Waals surface area contributed by atoms with Crippen LogP contribution < -0.4 is 5.32 Å². The first-order chi connectivity index (χ1) is 10.3. The molecule has 0 aliphatic carbocycles. The summed E-state index contributed by atoms with van der Waals surface area (Å²) in [4.78, 5) is 8.52. The lowest BCUT2D eigenvalue weighted by atomic mass is 9.96. The van der Waals surface area contributed by atoms with Crippen LogP contribution in [0.2, 0.25) is 0 Å². The van der Waals surface area contributed by atoms with Crippen LogP contribution in [-0.2, 0) is 0 Å². The standard InChI is InChI=1S/C17H16FN3/c1-2-20-17(16-11-19-9-10-21-16)14-7-8-15(18)13-6-4-3-5-12(13)14/h3-11,17,20H,2H2,1H3. The maximum atomic E-state index is 14.0. The van der Waals surface area contributed by atoms with Gasteiger partial charge in [-0.15, -0.1) is 0 Å². The van der Waals surface area contributed by atoms with E-state index in [0.29, 0.717) is 5.39 Å². The maximum absolute atomic E-state index is 14.0. The molecule has 0 aliphatic heterocycles. The number of hydrogen-bond donors (Lipinski definition) is 1. The van der Waals surface area contributed by atoms with E-state index in [4.69, 9.17) is 0 Å². The van der Waals surface area contributed by atoms with Crippen LogP contribution in [0.1, 0.15) is 24.2 Å². The van der Waals surface area contributed by atoms with Crippen molar-refractivity contribution in [2.24, 2.45) is 0 Å². The minimum atomic E-state index is -0.205. The van der Waals surface area contributed by atoms with E-state index in [-0.39, 0.29) is 11.9 Å². The van der Waals surface area contributed by atoms with E-state index in [1.807, 2.05) is 31.2 Å². The van der Waals surface area contributed by atoms with Crippen LogP contribution in [0.4, 0.5) is 4.39 Å². The van der Waals surface area contributed by atoms with Gasteiger partial charge in [-0.25, -0.2) is 4.39 Å². The molecule has 0 saturated carbocycles. The molecular formula is C17H16FN3. The minimum Gasteiger partial charge on any atom is -0.305 e. The van der Waals surface area contributed by atoms with Crippen molar-refractivity contribution in [3.8, 4) is 0 Å². The van der Waals surface area contributed by atoms with Crippen molar-refractivity contribution in [1.29, 1.82) is 0 Å². The highest BCUT2D eigenvalue weighted by molar-refractivity contribution is 5.87. The Labute approximate surface area is 122 Å². The molecule has 3 rings (SSSR count). The molecule has 3 nitrogen and oxygen atoms in total. The van der Waals surface area contributed by atoms with Gasteiger partial charge in [0.25, 0.3) is 0 Å². The Bertz CT molecular complexity index is 743. The van der Waals surface area contributed by atoms with Crippen molar-refractivity contribution in [3.05, 3.63) is 72.1 Å². The summed E-state index contributed by atoms with van der Waals surface area (Å²) in [7, 11) is 0. The molecule has 1 heterocycles. The molecule has 3 aromatic rings. The number of aromatic nitrogens is 2. The lowest BCUT2D eigenvalue weighted by Crippen LogP contribution is -2.23. The molecule has 106 valence electrons. The van der Waals surface area contributed by atoms with Gasteiger partial charge in [-0.05, 0) is 23.6 Å². The molecule has 21 heavy (non-hydrogen) atoms. The third kappa shape index (κ3) is 2.62. The fourth-order valence-corrected chi connectivity index (χ4v) is 2.58. The summed E-state index contributed by atoms with van der Waals surface area (Å²) in [6.45, 7) is 2.82. The number of rotatable bonds is 4. The van der Waals surface area contributed by atoms with Gasteiger partial charge in [-0.3, -0.25) is 9.97 Å². The van der Waals surface area contributed by atoms with E-state index in [9.17, 15) is 4.39 Å². The van der Waals surface area contributed by atoms with Crippen LogP contribution in [-0.4, -0.2) is 16.5 Å². The molecule has 4 heteroatoms. The van der Waals surface area contributed by atoms with Crippen molar-refractivity contribution < 1.29 is 4.39 Å². The zero-order valence-electron chi connectivity index (χ0n) is 11.8.